The van der Waals surface area contributed by atoms with Crippen LogP contribution in [0, 0.1) is 5.92 Å². The van der Waals surface area contributed by atoms with Crippen molar-refractivity contribution in [2.45, 2.75) is 39.3 Å². The molecule has 1 aliphatic heterocycles. The smallest absolute Gasteiger partial charge is 0.410 e. The van der Waals surface area contributed by atoms with Crippen LogP contribution in [0.1, 0.15) is 27.7 Å². The Labute approximate surface area is 108 Å². The first-order valence-corrected chi connectivity index (χ1v) is 7.65. The van der Waals surface area contributed by atoms with Gasteiger partial charge in [-0.25, -0.2) is 4.79 Å². The fourth-order valence-corrected chi connectivity index (χ4v) is 2.07. The lowest BCUT2D eigenvalue weighted by Gasteiger charge is -2.45. The predicted molar refractivity (Wildman–Crippen MR) is 66.7 cm³/mol. The summed E-state index contributed by atoms with van der Waals surface area (Å²) in [6, 6.07) is -0.0680. The third-order valence-corrected chi connectivity index (χ3v) is 3.29. The molecule has 0 N–H and O–H groups in total. The maximum atomic E-state index is 11.7. The number of hydrogen-bond donors (Lipinski definition) is 0. The molecule has 0 spiro atoms. The van der Waals surface area contributed by atoms with Crippen molar-refractivity contribution in [3.05, 3.63) is 0 Å². The monoisotopic (exact) mass is 279 g/mol. The van der Waals surface area contributed by atoms with Gasteiger partial charge in [0.15, 0.2) is 0 Å². The molecule has 106 valence electrons. The Bertz CT molecular complexity index is 412. The normalized spacial score (nSPS) is 24.6. The highest BCUT2D eigenvalue weighted by molar-refractivity contribution is 7.85. The molecule has 0 radical (unpaired) electrons. The quantitative estimate of drug-likeness (QED) is 0.726. The fourth-order valence-electron chi connectivity index (χ4n) is 1.65. The molecule has 2 atom stereocenters. The number of carbonyl (C=O) groups is 1. The Morgan fingerprint density at radius 2 is 1.94 bits per heavy atom. The van der Waals surface area contributed by atoms with Crippen molar-refractivity contribution < 1.29 is 22.1 Å². The zero-order valence-electron chi connectivity index (χ0n) is 11.5. The molecule has 0 bridgehead atoms. The van der Waals surface area contributed by atoms with Gasteiger partial charge < -0.3 is 9.64 Å². The molecule has 0 aromatic rings. The molecular weight excluding hydrogens is 258 g/mol. The first kappa shape index (κ1) is 15.2. The Hall–Kier alpha value is -0.820. The summed E-state index contributed by atoms with van der Waals surface area (Å²) >= 11 is 0. The van der Waals surface area contributed by atoms with E-state index in [1.807, 2.05) is 6.92 Å². The molecule has 1 heterocycles. The second-order valence-corrected chi connectivity index (χ2v) is 7.27. The van der Waals surface area contributed by atoms with Gasteiger partial charge in [0.2, 0.25) is 0 Å². The number of hydrogen-bond acceptors (Lipinski definition) is 5. The number of likely N-dealkylation sites (tertiary alicyclic amines) is 1. The van der Waals surface area contributed by atoms with E-state index in [2.05, 4.69) is 0 Å². The Morgan fingerprint density at radius 1 is 1.39 bits per heavy atom. The minimum absolute atomic E-state index is 0.0345. The number of nitrogens with zero attached hydrogens (tertiary/aromatic N) is 1. The van der Waals surface area contributed by atoms with Crippen molar-refractivity contribution >= 4 is 16.2 Å². The van der Waals surface area contributed by atoms with Gasteiger partial charge in [-0.05, 0) is 27.7 Å². The van der Waals surface area contributed by atoms with Crippen molar-refractivity contribution in [3.8, 4) is 0 Å². The molecule has 2 unspecified atom stereocenters. The summed E-state index contributed by atoms with van der Waals surface area (Å²) in [5.74, 6) is 0.0345. The molecule has 1 fully saturated rings. The van der Waals surface area contributed by atoms with Crippen molar-refractivity contribution in [2.24, 2.45) is 5.92 Å². The fraction of sp³-hybridized carbons (Fsp3) is 0.909. The molecule has 0 aliphatic carbocycles. The first-order valence-electron chi connectivity index (χ1n) is 5.83. The summed E-state index contributed by atoms with van der Waals surface area (Å²) in [7, 11) is -3.42. The van der Waals surface area contributed by atoms with Gasteiger partial charge in [-0.2, -0.15) is 8.42 Å². The van der Waals surface area contributed by atoms with Crippen molar-refractivity contribution in [2.75, 3.05) is 19.4 Å². The molecule has 7 heteroatoms. The minimum atomic E-state index is -3.42. The van der Waals surface area contributed by atoms with Crippen LogP contribution >= 0.6 is 0 Å². The number of carbonyl (C=O) groups excluding carboxylic acids is 1. The zero-order valence-corrected chi connectivity index (χ0v) is 12.3. The second kappa shape index (κ2) is 5.05. The van der Waals surface area contributed by atoms with E-state index in [9.17, 15) is 13.2 Å². The maximum Gasteiger partial charge on any atom is 0.410 e. The van der Waals surface area contributed by atoms with E-state index in [-0.39, 0.29) is 24.7 Å². The molecule has 1 aliphatic rings. The van der Waals surface area contributed by atoms with Crippen LogP contribution in [0.4, 0.5) is 4.79 Å². The van der Waals surface area contributed by atoms with E-state index in [0.717, 1.165) is 6.26 Å². The minimum Gasteiger partial charge on any atom is -0.444 e. The van der Waals surface area contributed by atoms with Crippen molar-refractivity contribution in [1.29, 1.82) is 0 Å². The Balaban J connectivity index is 2.41. The van der Waals surface area contributed by atoms with Crippen LogP contribution in [0.2, 0.25) is 0 Å². The summed E-state index contributed by atoms with van der Waals surface area (Å²) in [5.41, 5.74) is -0.523. The van der Waals surface area contributed by atoms with Crippen LogP contribution in [0.5, 0.6) is 0 Å². The van der Waals surface area contributed by atoms with E-state index in [4.69, 9.17) is 8.92 Å². The first-order chi connectivity index (χ1) is 7.99. The lowest BCUT2D eigenvalue weighted by Crippen LogP contribution is -2.59. The van der Waals surface area contributed by atoms with Gasteiger partial charge in [0.1, 0.15) is 5.60 Å². The zero-order chi connectivity index (χ0) is 14.1. The lowest BCUT2D eigenvalue weighted by atomic mass is 9.91. The average Bonchev–Trinajstić information content (AvgIpc) is 2.10. The molecule has 1 amide bonds. The molecule has 1 saturated heterocycles. The van der Waals surface area contributed by atoms with Crippen LogP contribution in [-0.2, 0) is 19.0 Å². The van der Waals surface area contributed by atoms with Gasteiger partial charge in [0.25, 0.3) is 10.1 Å². The van der Waals surface area contributed by atoms with E-state index in [1.165, 1.54) is 0 Å². The largest absolute Gasteiger partial charge is 0.444 e. The SMILES string of the molecule is CC1C(COS(C)(=O)=O)CN1C(=O)OC(C)(C)C. The van der Waals surface area contributed by atoms with Crippen LogP contribution in [0.25, 0.3) is 0 Å². The third kappa shape index (κ3) is 4.45. The summed E-state index contributed by atoms with van der Waals surface area (Å²) in [4.78, 5) is 13.3. The van der Waals surface area contributed by atoms with E-state index in [0.29, 0.717) is 6.54 Å². The van der Waals surface area contributed by atoms with E-state index >= 15 is 0 Å². The molecule has 18 heavy (non-hydrogen) atoms. The number of ether oxygens (including phenoxy) is 1. The topological polar surface area (TPSA) is 72.9 Å². The molecule has 6 nitrogen and oxygen atoms in total. The standard InChI is InChI=1S/C11H21NO5S/c1-8-9(7-16-18(5,14)15)6-12(8)10(13)17-11(2,3)4/h8-9H,6-7H2,1-5H3. The summed E-state index contributed by atoms with van der Waals surface area (Å²) in [6.45, 7) is 7.84. The summed E-state index contributed by atoms with van der Waals surface area (Å²) in [6.07, 6.45) is 0.646. The molecule has 0 aromatic heterocycles. The predicted octanol–water partition coefficient (Wildman–Crippen LogP) is 1.22. The highest BCUT2D eigenvalue weighted by atomic mass is 32.2. The van der Waals surface area contributed by atoms with E-state index in [1.54, 1.807) is 25.7 Å². The molecule has 0 aromatic carbocycles. The third-order valence-electron chi connectivity index (χ3n) is 2.73. The van der Waals surface area contributed by atoms with Crippen molar-refractivity contribution in [1.82, 2.24) is 4.90 Å². The second-order valence-electron chi connectivity index (χ2n) is 5.62. The van der Waals surface area contributed by atoms with Gasteiger partial charge in [-0.3, -0.25) is 4.18 Å². The van der Waals surface area contributed by atoms with Gasteiger partial charge in [0, 0.05) is 18.5 Å². The highest BCUT2D eigenvalue weighted by Crippen LogP contribution is 2.27. The molecular formula is C11H21NO5S. The van der Waals surface area contributed by atoms with Crippen LogP contribution < -0.4 is 0 Å². The number of rotatable bonds is 3. The molecule has 1 rings (SSSR count). The van der Waals surface area contributed by atoms with Gasteiger partial charge in [0.05, 0.1) is 12.9 Å². The Kier molecular flexibility index (Phi) is 4.27. The van der Waals surface area contributed by atoms with Gasteiger partial charge in [-0.1, -0.05) is 0 Å². The van der Waals surface area contributed by atoms with Crippen LogP contribution in [-0.4, -0.2) is 50.5 Å². The average molecular weight is 279 g/mol. The maximum absolute atomic E-state index is 11.7. The summed E-state index contributed by atoms with van der Waals surface area (Å²) in [5, 5.41) is 0. The van der Waals surface area contributed by atoms with Crippen LogP contribution in [0.15, 0.2) is 0 Å². The lowest BCUT2D eigenvalue weighted by molar-refractivity contribution is -0.0339. The van der Waals surface area contributed by atoms with Gasteiger partial charge >= 0.3 is 6.09 Å². The van der Waals surface area contributed by atoms with Crippen molar-refractivity contribution in [3.63, 3.8) is 0 Å². The number of amides is 1. The van der Waals surface area contributed by atoms with Gasteiger partial charge in [-0.15, -0.1) is 0 Å². The van der Waals surface area contributed by atoms with E-state index < -0.39 is 15.7 Å². The van der Waals surface area contributed by atoms with Crippen LogP contribution in [0.3, 0.4) is 0 Å². The molecule has 0 saturated carbocycles. The summed E-state index contributed by atoms with van der Waals surface area (Å²) < 4.78 is 31.7. The Morgan fingerprint density at radius 3 is 2.33 bits per heavy atom. The highest BCUT2D eigenvalue weighted by Gasteiger charge is 2.41.